The normalized spacial score (nSPS) is 20.6. The Bertz CT molecular complexity index is 1130. The number of likely N-dealkylation sites (N-methyl/N-ethyl adjacent to an activating group) is 1. The SMILES string of the molecule is CC(c1ccc2c(c1)OCC2)N1CCC2(CC1)C(=O)N(Cc1ccc(C#N)cc1)C(=O)N2C. The fraction of sp³-hybridized carbons (Fsp3) is 0.423. The van der Waals surface area contributed by atoms with Gasteiger partial charge in [0.15, 0.2) is 0 Å². The van der Waals surface area contributed by atoms with Crippen LogP contribution in [0.1, 0.15) is 48.1 Å². The summed E-state index contributed by atoms with van der Waals surface area (Å²) >= 11 is 0. The number of rotatable bonds is 4. The van der Waals surface area contributed by atoms with Crippen LogP contribution in [-0.4, -0.2) is 58.9 Å². The van der Waals surface area contributed by atoms with Crippen LogP contribution in [0.3, 0.4) is 0 Å². The molecule has 2 fully saturated rings. The molecule has 3 aliphatic rings. The lowest BCUT2D eigenvalue weighted by Crippen LogP contribution is -2.55. The van der Waals surface area contributed by atoms with Gasteiger partial charge in [-0.15, -0.1) is 0 Å². The first-order chi connectivity index (χ1) is 15.9. The monoisotopic (exact) mass is 444 g/mol. The van der Waals surface area contributed by atoms with E-state index in [1.54, 1.807) is 36.2 Å². The van der Waals surface area contributed by atoms with Crippen LogP contribution in [-0.2, 0) is 17.8 Å². The smallest absolute Gasteiger partial charge is 0.327 e. The predicted molar refractivity (Wildman–Crippen MR) is 122 cm³/mol. The number of nitriles is 1. The number of urea groups is 1. The molecule has 1 unspecified atom stereocenters. The van der Waals surface area contributed by atoms with Gasteiger partial charge in [-0.1, -0.05) is 24.3 Å². The van der Waals surface area contributed by atoms with Gasteiger partial charge in [0.05, 0.1) is 24.8 Å². The van der Waals surface area contributed by atoms with E-state index in [1.807, 2.05) is 0 Å². The molecule has 2 aromatic rings. The van der Waals surface area contributed by atoms with Gasteiger partial charge in [-0.25, -0.2) is 4.79 Å². The van der Waals surface area contributed by atoms with Crippen molar-refractivity contribution in [3.05, 3.63) is 64.7 Å². The van der Waals surface area contributed by atoms with Crippen molar-refractivity contribution in [3.63, 3.8) is 0 Å². The molecule has 7 heteroatoms. The Morgan fingerprint density at radius 2 is 1.85 bits per heavy atom. The summed E-state index contributed by atoms with van der Waals surface area (Å²) in [5.74, 6) is 0.875. The number of imide groups is 1. The molecule has 1 atom stereocenters. The summed E-state index contributed by atoms with van der Waals surface area (Å²) in [6, 6.07) is 15.6. The number of nitrogens with zero attached hydrogens (tertiary/aromatic N) is 4. The number of fused-ring (bicyclic) bond motifs is 1. The van der Waals surface area contributed by atoms with Gasteiger partial charge in [0.25, 0.3) is 5.91 Å². The third kappa shape index (κ3) is 3.55. The molecule has 2 saturated heterocycles. The van der Waals surface area contributed by atoms with Crippen molar-refractivity contribution in [2.45, 2.75) is 44.3 Å². The Hall–Kier alpha value is -3.37. The Morgan fingerprint density at radius 1 is 1.12 bits per heavy atom. The minimum atomic E-state index is -0.777. The number of piperidine rings is 1. The molecule has 33 heavy (non-hydrogen) atoms. The minimum Gasteiger partial charge on any atom is -0.493 e. The van der Waals surface area contributed by atoms with Crippen LogP contribution >= 0.6 is 0 Å². The highest BCUT2D eigenvalue weighted by Gasteiger charge is 2.56. The predicted octanol–water partition coefficient (Wildman–Crippen LogP) is 3.48. The van der Waals surface area contributed by atoms with E-state index in [1.165, 1.54) is 16.0 Å². The summed E-state index contributed by atoms with van der Waals surface area (Å²) in [4.78, 5) is 31.9. The molecule has 3 amide bonds. The maximum absolute atomic E-state index is 13.5. The largest absolute Gasteiger partial charge is 0.493 e. The van der Waals surface area contributed by atoms with E-state index >= 15 is 0 Å². The summed E-state index contributed by atoms with van der Waals surface area (Å²) in [7, 11) is 1.75. The third-order valence-electron chi connectivity index (χ3n) is 7.60. The molecule has 3 aliphatic heterocycles. The average Bonchev–Trinajstić information content (AvgIpc) is 3.39. The number of amides is 3. The molecule has 0 saturated carbocycles. The zero-order valence-electron chi connectivity index (χ0n) is 19.1. The van der Waals surface area contributed by atoms with E-state index in [-0.39, 0.29) is 24.5 Å². The van der Waals surface area contributed by atoms with Crippen LogP contribution in [0.4, 0.5) is 4.79 Å². The molecule has 7 nitrogen and oxygen atoms in total. The van der Waals surface area contributed by atoms with Gasteiger partial charge < -0.3 is 9.64 Å². The number of likely N-dealkylation sites (tertiary alicyclic amines) is 1. The maximum atomic E-state index is 13.5. The summed E-state index contributed by atoms with van der Waals surface area (Å²) < 4.78 is 5.74. The van der Waals surface area contributed by atoms with E-state index in [4.69, 9.17) is 10.00 Å². The van der Waals surface area contributed by atoms with E-state index in [2.05, 4.69) is 36.1 Å². The van der Waals surface area contributed by atoms with E-state index in [9.17, 15) is 9.59 Å². The lowest BCUT2D eigenvalue weighted by molar-refractivity contribution is -0.135. The van der Waals surface area contributed by atoms with Gasteiger partial charge in [-0.2, -0.15) is 5.26 Å². The molecular formula is C26H28N4O3. The molecule has 0 radical (unpaired) electrons. The van der Waals surface area contributed by atoms with Gasteiger partial charge in [0.2, 0.25) is 0 Å². The molecule has 0 aromatic heterocycles. The Morgan fingerprint density at radius 3 is 2.55 bits per heavy atom. The van der Waals surface area contributed by atoms with Crippen molar-refractivity contribution < 1.29 is 14.3 Å². The molecule has 3 heterocycles. The Labute approximate surface area is 194 Å². The molecule has 5 rings (SSSR count). The van der Waals surface area contributed by atoms with Crippen LogP contribution in [0.25, 0.3) is 0 Å². The van der Waals surface area contributed by atoms with Crippen molar-refractivity contribution in [1.29, 1.82) is 5.26 Å². The lowest BCUT2D eigenvalue weighted by atomic mass is 9.85. The molecule has 0 bridgehead atoms. The standard InChI is InChI=1S/C26H28N4O3/c1-18(22-8-7-21-9-14-33-23(21)15-22)29-12-10-26(11-13-29)24(31)30(25(32)28(26)2)17-20-5-3-19(16-27)4-6-20/h3-8,15,18H,9-14,17H2,1-2H3. The fourth-order valence-electron chi connectivity index (χ4n) is 5.34. The average molecular weight is 445 g/mol. The van der Waals surface area contributed by atoms with Crippen LogP contribution < -0.4 is 4.74 Å². The third-order valence-corrected chi connectivity index (χ3v) is 7.60. The van der Waals surface area contributed by atoms with Crippen molar-refractivity contribution in [2.75, 3.05) is 26.7 Å². The molecule has 2 aromatic carbocycles. The molecular weight excluding hydrogens is 416 g/mol. The number of benzene rings is 2. The van der Waals surface area contributed by atoms with Crippen molar-refractivity contribution in [1.82, 2.24) is 14.7 Å². The van der Waals surface area contributed by atoms with Crippen molar-refractivity contribution in [2.24, 2.45) is 0 Å². The number of ether oxygens (including phenoxy) is 1. The maximum Gasteiger partial charge on any atom is 0.327 e. The summed E-state index contributed by atoms with van der Waals surface area (Å²) in [5.41, 5.74) is 3.11. The zero-order valence-corrected chi connectivity index (χ0v) is 19.1. The minimum absolute atomic E-state index is 0.113. The summed E-state index contributed by atoms with van der Waals surface area (Å²) in [5, 5.41) is 8.99. The summed E-state index contributed by atoms with van der Waals surface area (Å²) in [6.07, 6.45) is 2.20. The quantitative estimate of drug-likeness (QED) is 0.675. The molecule has 170 valence electrons. The number of carbonyl (C=O) groups excluding carboxylic acids is 2. The first-order valence-electron chi connectivity index (χ1n) is 11.5. The van der Waals surface area contributed by atoms with Gasteiger partial charge in [-0.3, -0.25) is 14.6 Å². The first-order valence-corrected chi connectivity index (χ1v) is 11.5. The highest BCUT2D eigenvalue weighted by Crippen LogP contribution is 2.39. The van der Waals surface area contributed by atoms with Crippen molar-refractivity contribution >= 4 is 11.9 Å². The van der Waals surface area contributed by atoms with Crippen LogP contribution in [0.5, 0.6) is 5.75 Å². The molecule has 0 aliphatic carbocycles. The van der Waals surface area contributed by atoms with Gasteiger partial charge in [0, 0.05) is 32.6 Å². The van der Waals surface area contributed by atoms with Gasteiger partial charge in [0.1, 0.15) is 11.3 Å². The Kier molecular flexibility index (Phi) is 5.34. The van der Waals surface area contributed by atoms with Crippen LogP contribution in [0.15, 0.2) is 42.5 Å². The fourth-order valence-corrected chi connectivity index (χ4v) is 5.34. The second-order valence-corrected chi connectivity index (χ2v) is 9.25. The molecule has 0 N–H and O–H groups in total. The molecule has 1 spiro atoms. The first kappa shape index (κ1) is 21.5. The highest BCUT2D eigenvalue weighted by atomic mass is 16.5. The number of hydrogen-bond donors (Lipinski definition) is 0. The highest BCUT2D eigenvalue weighted by molar-refractivity contribution is 6.06. The van der Waals surface area contributed by atoms with Gasteiger partial charge >= 0.3 is 6.03 Å². The topological polar surface area (TPSA) is 76.9 Å². The van der Waals surface area contributed by atoms with Gasteiger partial charge in [-0.05, 0) is 54.7 Å². The van der Waals surface area contributed by atoms with Crippen LogP contribution in [0, 0.1) is 11.3 Å². The van der Waals surface area contributed by atoms with E-state index in [0.29, 0.717) is 18.4 Å². The van der Waals surface area contributed by atoms with E-state index in [0.717, 1.165) is 37.4 Å². The Balaban J connectivity index is 1.28. The van der Waals surface area contributed by atoms with Crippen LogP contribution in [0.2, 0.25) is 0 Å². The summed E-state index contributed by atoms with van der Waals surface area (Å²) in [6.45, 7) is 4.66. The van der Waals surface area contributed by atoms with E-state index < -0.39 is 5.54 Å². The van der Waals surface area contributed by atoms with Crippen molar-refractivity contribution in [3.8, 4) is 11.8 Å². The lowest BCUT2D eigenvalue weighted by Gasteiger charge is -2.43. The second-order valence-electron chi connectivity index (χ2n) is 9.25. The second kappa shape index (κ2) is 8.20. The zero-order chi connectivity index (χ0) is 23.2. The number of carbonyl (C=O) groups is 2. The number of hydrogen-bond acceptors (Lipinski definition) is 5.